The highest BCUT2D eigenvalue weighted by Crippen LogP contribution is 2.31. The molecule has 6 heteroatoms. The van der Waals surface area contributed by atoms with Gasteiger partial charge in [-0.2, -0.15) is 0 Å². The largest absolute Gasteiger partial charge is 0.497 e. The summed E-state index contributed by atoms with van der Waals surface area (Å²) in [5.41, 5.74) is 3.13. The zero-order valence-electron chi connectivity index (χ0n) is 16.7. The highest BCUT2D eigenvalue weighted by atomic mass is 16.5. The van der Waals surface area contributed by atoms with Crippen LogP contribution in [0.5, 0.6) is 11.5 Å². The van der Waals surface area contributed by atoms with Crippen molar-refractivity contribution in [2.24, 2.45) is 5.92 Å². The molecular formula is C22H26N2O4. The molecule has 0 radical (unpaired) electrons. The molecule has 1 aliphatic rings. The molecule has 3 rings (SSSR count). The molecule has 1 N–H and O–H groups in total. The molecule has 1 aliphatic heterocycles. The number of carbonyl (C=O) groups is 2. The van der Waals surface area contributed by atoms with Crippen molar-refractivity contribution in [3.63, 3.8) is 0 Å². The first-order valence-electron chi connectivity index (χ1n) is 9.42. The maximum atomic E-state index is 12.7. The lowest BCUT2D eigenvalue weighted by atomic mass is 9.99. The molecule has 28 heavy (non-hydrogen) atoms. The second-order valence-corrected chi connectivity index (χ2v) is 7.11. The van der Waals surface area contributed by atoms with E-state index in [1.165, 1.54) is 7.11 Å². The van der Waals surface area contributed by atoms with Crippen LogP contribution in [0.15, 0.2) is 36.4 Å². The number of ether oxygens (including phenoxy) is 2. The van der Waals surface area contributed by atoms with E-state index < -0.39 is 0 Å². The molecule has 1 heterocycles. The van der Waals surface area contributed by atoms with E-state index in [9.17, 15) is 9.59 Å². The van der Waals surface area contributed by atoms with Gasteiger partial charge in [0.1, 0.15) is 11.5 Å². The molecule has 0 aliphatic carbocycles. The standard InChI is InChI=1S/C22H26N2O4/c1-14(2)22(26)24-11-5-6-15-12-16(7-10-19(15)24)23-21(25)18-9-8-17(27-3)13-20(18)28-4/h7-10,12-14H,5-6,11H2,1-4H3,(H,23,25). The number of amides is 2. The van der Waals surface area contributed by atoms with Gasteiger partial charge in [0.15, 0.2) is 0 Å². The van der Waals surface area contributed by atoms with Crippen LogP contribution in [0.25, 0.3) is 0 Å². The molecule has 2 aromatic rings. The van der Waals surface area contributed by atoms with E-state index >= 15 is 0 Å². The van der Waals surface area contributed by atoms with Crippen LogP contribution in [0.2, 0.25) is 0 Å². The van der Waals surface area contributed by atoms with Crippen LogP contribution in [-0.2, 0) is 11.2 Å². The van der Waals surface area contributed by atoms with Crippen molar-refractivity contribution in [3.05, 3.63) is 47.5 Å². The Kier molecular flexibility index (Phi) is 5.87. The van der Waals surface area contributed by atoms with Gasteiger partial charge in [-0.1, -0.05) is 13.8 Å². The highest BCUT2D eigenvalue weighted by molar-refractivity contribution is 6.06. The Hall–Kier alpha value is -3.02. The van der Waals surface area contributed by atoms with E-state index in [-0.39, 0.29) is 17.7 Å². The van der Waals surface area contributed by atoms with Crippen molar-refractivity contribution in [2.45, 2.75) is 26.7 Å². The minimum Gasteiger partial charge on any atom is -0.497 e. The van der Waals surface area contributed by atoms with Crippen LogP contribution in [0.3, 0.4) is 0 Å². The van der Waals surface area contributed by atoms with E-state index in [1.807, 2.05) is 36.9 Å². The lowest BCUT2D eigenvalue weighted by Gasteiger charge is -2.31. The van der Waals surface area contributed by atoms with Gasteiger partial charge in [0.25, 0.3) is 5.91 Å². The van der Waals surface area contributed by atoms with Crippen LogP contribution in [0.4, 0.5) is 11.4 Å². The number of hydrogen-bond acceptors (Lipinski definition) is 4. The Morgan fingerprint density at radius 1 is 1.07 bits per heavy atom. The Labute approximate surface area is 165 Å². The van der Waals surface area contributed by atoms with E-state index in [0.29, 0.717) is 22.7 Å². The van der Waals surface area contributed by atoms with Gasteiger partial charge in [-0.25, -0.2) is 0 Å². The third-order valence-electron chi connectivity index (χ3n) is 4.87. The molecule has 0 atom stereocenters. The van der Waals surface area contributed by atoms with Crippen molar-refractivity contribution < 1.29 is 19.1 Å². The number of hydrogen-bond donors (Lipinski definition) is 1. The molecule has 6 nitrogen and oxygen atoms in total. The van der Waals surface area contributed by atoms with Gasteiger partial charge >= 0.3 is 0 Å². The van der Waals surface area contributed by atoms with Crippen molar-refractivity contribution in [1.29, 1.82) is 0 Å². The lowest BCUT2D eigenvalue weighted by Crippen LogP contribution is -2.38. The third kappa shape index (κ3) is 3.96. The normalized spacial score (nSPS) is 13.1. The maximum Gasteiger partial charge on any atom is 0.259 e. The molecular weight excluding hydrogens is 356 g/mol. The van der Waals surface area contributed by atoms with E-state index in [0.717, 1.165) is 30.6 Å². The average molecular weight is 382 g/mol. The fourth-order valence-corrected chi connectivity index (χ4v) is 3.40. The zero-order chi connectivity index (χ0) is 20.3. The minimum atomic E-state index is -0.259. The number of methoxy groups -OCH3 is 2. The molecule has 0 spiro atoms. The van der Waals surface area contributed by atoms with Crippen molar-refractivity contribution in [3.8, 4) is 11.5 Å². The summed E-state index contributed by atoms with van der Waals surface area (Å²) in [7, 11) is 3.08. The van der Waals surface area contributed by atoms with Gasteiger partial charge in [-0.05, 0) is 48.7 Å². The SMILES string of the molecule is COc1ccc(C(=O)Nc2ccc3c(c2)CCCN3C(=O)C(C)C)c(OC)c1. The fraction of sp³-hybridized carbons (Fsp3) is 0.364. The molecule has 0 bridgehead atoms. The predicted octanol–water partition coefficient (Wildman–Crippen LogP) is 3.89. The Bertz CT molecular complexity index is 892. The van der Waals surface area contributed by atoms with E-state index in [2.05, 4.69) is 5.32 Å². The van der Waals surface area contributed by atoms with E-state index in [1.54, 1.807) is 25.3 Å². The molecule has 0 fully saturated rings. The van der Waals surface area contributed by atoms with Crippen LogP contribution >= 0.6 is 0 Å². The quantitative estimate of drug-likeness (QED) is 0.852. The number of nitrogens with one attached hydrogen (secondary N) is 1. The van der Waals surface area contributed by atoms with Gasteiger partial charge in [0.2, 0.25) is 5.91 Å². The Morgan fingerprint density at radius 2 is 1.86 bits per heavy atom. The van der Waals surface area contributed by atoms with Gasteiger partial charge in [-0.3, -0.25) is 9.59 Å². The van der Waals surface area contributed by atoms with Gasteiger partial charge in [0.05, 0.1) is 19.8 Å². The van der Waals surface area contributed by atoms with Crippen LogP contribution in [0.1, 0.15) is 36.2 Å². The molecule has 148 valence electrons. The first-order chi connectivity index (χ1) is 13.4. The van der Waals surface area contributed by atoms with Crippen LogP contribution in [-0.4, -0.2) is 32.6 Å². The lowest BCUT2D eigenvalue weighted by molar-refractivity contribution is -0.121. The first-order valence-corrected chi connectivity index (χ1v) is 9.42. The summed E-state index contributed by atoms with van der Waals surface area (Å²) in [6.45, 7) is 4.56. The number of anilines is 2. The fourth-order valence-electron chi connectivity index (χ4n) is 3.40. The van der Waals surface area contributed by atoms with Crippen LogP contribution in [0, 0.1) is 5.92 Å². The number of aryl methyl sites for hydroxylation is 1. The summed E-state index contributed by atoms with van der Waals surface area (Å²) in [5, 5.41) is 2.92. The first kappa shape index (κ1) is 19.7. The van der Waals surface area contributed by atoms with Gasteiger partial charge < -0.3 is 19.7 Å². The second-order valence-electron chi connectivity index (χ2n) is 7.11. The zero-order valence-corrected chi connectivity index (χ0v) is 16.7. The molecule has 0 unspecified atom stereocenters. The monoisotopic (exact) mass is 382 g/mol. The summed E-state index contributed by atoms with van der Waals surface area (Å²) < 4.78 is 10.5. The molecule has 0 saturated carbocycles. The van der Waals surface area contributed by atoms with Gasteiger partial charge in [-0.15, -0.1) is 0 Å². The number of nitrogens with zero attached hydrogens (tertiary/aromatic N) is 1. The summed E-state index contributed by atoms with van der Waals surface area (Å²) in [6, 6.07) is 10.8. The smallest absolute Gasteiger partial charge is 0.259 e. The number of benzene rings is 2. The second kappa shape index (κ2) is 8.33. The summed E-state index contributed by atoms with van der Waals surface area (Å²) in [4.78, 5) is 27.0. The minimum absolute atomic E-state index is 0.0483. The number of rotatable bonds is 5. The van der Waals surface area contributed by atoms with E-state index in [4.69, 9.17) is 9.47 Å². The topological polar surface area (TPSA) is 67.9 Å². The van der Waals surface area contributed by atoms with Crippen molar-refractivity contribution >= 4 is 23.2 Å². The molecule has 0 aromatic heterocycles. The van der Waals surface area contributed by atoms with Crippen LogP contribution < -0.4 is 19.7 Å². The maximum absolute atomic E-state index is 12.7. The number of carbonyl (C=O) groups excluding carboxylic acids is 2. The third-order valence-corrected chi connectivity index (χ3v) is 4.87. The van der Waals surface area contributed by atoms with Crippen molar-refractivity contribution in [2.75, 3.05) is 31.0 Å². The Morgan fingerprint density at radius 3 is 2.54 bits per heavy atom. The summed E-state index contributed by atoms with van der Waals surface area (Å²) in [5.74, 6) is 0.888. The Balaban J connectivity index is 1.83. The molecule has 2 aromatic carbocycles. The molecule has 0 saturated heterocycles. The predicted molar refractivity (Wildman–Crippen MR) is 109 cm³/mol. The van der Waals surface area contributed by atoms with Gasteiger partial charge in [0, 0.05) is 29.9 Å². The summed E-state index contributed by atoms with van der Waals surface area (Å²) >= 11 is 0. The van der Waals surface area contributed by atoms with Crippen molar-refractivity contribution in [1.82, 2.24) is 0 Å². The summed E-state index contributed by atoms with van der Waals surface area (Å²) in [6.07, 6.45) is 1.79. The average Bonchev–Trinajstić information content (AvgIpc) is 2.71. The highest BCUT2D eigenvalue weighted by Gasteiger charge is 2.24. The number of fused-ring (bicyclic) bond motifs is 1. The molecule has 2 amide bonds.